The van der Waals surface area contributed by atoms with Gasteiger partial charge in [-0.2, -0.15) is 0 Å². The van der Waals surface area contributed by atoms with Crippen molar-refractivity contribution >= 4 is 24.1 Å². The van der Waals surface area contributed by atoms with Crippen LogP contribution in [0.1, 0.15) is 54.4 Å². The smallest absolute Gasteiger partial charge is 0.389 e. The molecule has 1 aliphatic rings. The predicted molar refractivity (Wildman–Crippen MR) is 118 cm³/mol. The fourth-order valence-corrected chi connectivity index (χ4v) is 7.13. The summed E-state index contributed by atoms with van der Waals surface area (Å²) in [5, 5.41) is 32.2. The zero-order chi connectivity index (χ0) is 23.8. The molecule has 12 heteroatoms. The van der Waals surface area contributed by atoms with Gasteiger partial charge >= 0.3 is 6.80 Å². The van der Waals surface area contributed by atoms with Crippen LogP contribution in [0.25, 0.3) is 0 Å². The molecule has 7 atom stereocenters. The number of hydrogen-bond donors (Lipinski definition) is 4. The van der Waals surface area contributed by atoms with Gasteiger partial charge in [0, 0.05) is 12.7 Å². The molecule has 0 bridgehead atoms. The lowest BCUT2D eigenvalue weighted by Gasteiger charge is -2.42. The van der Waals surface area contributed by atoms with Crippen LogP contribution < -0.4 is 5.32 Å². The minimum Gasteiger partial charge on any atom is -0.394 e. The first-order valence-electron chi connectivity index (χ1n) is 10.5. The third kappa shape index (κ3) is 10.1. The predicted octanol–water partition coefficient (Wildman–Crippen LogP) is 1.81. The maximum Gasteiger partial charge on any atom is 0.389 e. The van der Waals surface area contributed by atoms with Crippen LogP contribution in [0, 0.1) is 0 Å². The minimum atomic E-state index is -3.48. The van der Waals surface area contributed by atoms with E-state index in [4.69, 9.17) is 18.5 Å². The van der Waals surface area contributed by atoms with Gasteiger partial charge in [-0.1, -0.05) is 13.3 Å². The molecule has 1 saturated heterocycles. The Morgan fingerprint density at radius 1 is 1.29 bits per heavy atom. The standard InChI is InChI=1S/C19H38NO9PS/c1-7-8-12(2)28-30(25,29-19(4,5)6)31-10-9-26-18-15(20-13(3)22)17(24)16(23)14(11-21)27-18/h12,14-18,21,23-24H,7-11H2,1-6H3,(H,20,22). The van der Waals surface area contributed by atoms with Crippen molar-refractivity contribution in [3.8, 4) is 0 Å². The highest BCUT2D eigenvalue weighted by molar-refractivity contribution is 8.55. The molecule has 4 N–H and O–H groups in total. The monoisotopic (exact) mass is 487 g/mol. The van der Waals surface area contributed by atoms with Crippen molar-refractivity contribution in [2.45, 2.75) is 96.7 Å². The normalized spacial score (nSPS) is 29.9. The summed E-state index contributed by atoms with van der Waals surface area (Å²) in [6, 6.07) is -1.03. The van der Waals surface area contributed by atoms with Gasteiger partial charge in [0.2, 0.25) is 5.91 Å². The van der Waals surface area contributed by atoms with Crippen molar-refractivity contribution in [2.75, 3.05) is 19.0 Å². The molecule has 0 aromatic carbocycles. The zero-order valence-electron chi connectivity index (χ0n) is 19.1. The van der Waals surface area contributed by atoms with Gasteiger partial charge in [0.1, 0.15) is 24.4 Å². The van der Waals surface area contributed by atoms with Gasteiger partial charge in [-0.05, 0) is 45.5 Å². The number of hydrogen-bond acceptors (Lipinski definition) is 10. The molecule has 1 aliphatic heterocycles. The highest BCUT2D eigenvalue weighted by Crippen LogP contribution is 2.63. The Bertz CT molecular complexity index is 603. The lowest BCUT2D eigenvalue weighted by atomic mass is 9.97. The maximum absolute atomic E-state index is 13.2. The first kappa shape index (κ1) is 28.8. The van der Waals surface area contributed by atoms with Gasteiger partial charge in [0.15, 0.2) is 6.29 Å². The van der Waals surface area contributed by atoms with E-state index in [-0.39, 0.29) is 18.5 Å². The summed E-state index contributed by atoms with van der Waals surface area (Å²) < 4.78 is 35.8. The molecule has 7 unspecified atom stereocenters. The van der Waals surface area contributed by atoms with Gasteiger partial charge in [-0.3, -0.25) is 13.8 Å². The lowest BCUT2D eigenvalue weighted by molar-refractivity contribution is -0.268. The first-order chi connectivity index (χ1) is 14.3. The molecule has 184 valence electrons. The van der Waals surface area contributed by atoms with Crippen molar-refractivity contribution in [3.63, 3.8) is 0 Å². The van der Waals surface area contributed by atoms with Crippen molar-refractivity contribution < 1.29 is 43.2 Å². The van der Waals surface area contributed by atoms with Crippen LogP contribution >= 0.6 is 18.2 Å². The van der Waals surface area contributed by atoms with Gasteiger partial charge in [0.05, 0.1) is 24.9 Å². The molecule has 0 spiro atoms. The summed E-state index contributed by atoms with van der Waals surface area (Å²) in [6.07, 6.45) is -3.56. The van der Waals surface area contributed by atoms with E-state index in [1.807, 2.05) is 13.8 Å². The highest BCUT2D eigenvalue weighted by Gasteiger charge is 2.45. The average Bonchev–Trinajstić information content (AvgIpc) is 2.62. The molecule has 10 nitrogen and oxygen atoms in total. The van der Waals surface area contributed by atoms with E-state index < -0.39 is 55.6 Å². The lowest BCUT2D eigenvalue weighted by Crippen LogP contribution is -2.64. The number of amides is 1. The molecule has 0 radical (unpaired) electrons. The second-order valence-electron chi connectivity index (χ2n) is 8.49. The molecule has 1 rings (SSSR count). The van der Waals surface area contributed by atoms with Crippen LogP contribution in [0.2, 0.25) is 0 Å². The number of nitrogens with one attached hydrogen (secondary N) is 1. The molecular formula is C19H38NO9PS. The Balaban J connectivity index is 2.75. The third-order valence-corrected chi connectivity index (χ3v) is 8.29. The van der Waals surface area contributed by atoms with E-state index >= 15 is 0 Å². The van der Waals surface area contributed by atoms with E-state index in [0.717, 1.165) is 24.2 Å². The topological polar surface area (TPSA) is 144 Å². The Labute approximate surface area is 188 Å². The van der Waals surface area contributed by atoms with Gasteiger partial charge in [-0.15, -0.1) is 0 Å². The number of carbonyl (C=O) groups is 1. The highest BCUT2D eigenvalue weighted by atomic mass is 32.7. The summed E-state index contributed by atoms with van der Waals surface area (Å²) in [5.74, 6) is -0.215. The van der Waals surface area contributed by atoms with Crippen molar-refractivity contribution in [2.24, 2.45) is 0 Å². The SMILES string of the molecule is CCCC(C)OP(=O)(OC(C)(C)C)SCCOC1OC(CO)C(O)C(O)C1NC(C)=O. The molecule has 0 aromatic heterocycles. The van der Waals surface area contributed by atoms with Crippen molar-refractivity contribution in [1.82, 2.24) is 5.32 Å². The van der Waals surface area contributed by atoms with Crippen LogP contribution in [0.5, 0.6) is 0 Å². The summed E-state index contributed by atoms with van der Waals surface area (Å²) in [5.41, 5.74) is -0.674. The summed E-state index contributed by atoms with van der Waals surface area (Å²) in [7, 11) is 0. The minimum absolute atomic E-state index is 0.0371. The van der Waals surface area contributed by atoms with E-state index in [1.54, 1.807) is 20.8 Å². The number of carbonyl (C=O) groups excluding carboxylic acids is 1. The van der Waals surface area contributed by atoms with Crippen LogP contribution in [-0.4, -0.2) is 82.5 Å². The van der Waals surface area contributed by atoms with E-state index in [2.05, 4.69) is 5.32 Å². The number of ether oxygens (including phenoxy) is 2. The second kappa shape index (κ2) is 12.9. The van der Waals surface area contributed by atoms with Crippen LogP contribution in [0.4, 0.5) is 0 Å². The van der Waals surface area contributed by atoms with Crippen molar-refractivity contribution in [3.05, 3.63) is 0 Å². The van der Waals surface area contributed by atoms with Crippen LogP contribution in [-0.2, 0) is 27.9 Å². The quantitative estimate of drug-likeness (QED) is 0.238. The maximum atomic E-state index is 13.2. The summed E-state index contributed by atoms with van der Waals surface area (Å²) >= 11 is 0.998. The number of aliphatic hydroxyl groups excluding tert-OH is 3. The van der Waals surface area contributed by atoms with E-state index in [1.165, 1.54) is 6.92 Å². The molecule has 1 fully saturated rings. The van der Waals surface area contributed by atoms with Crippen LogP contribution in [0.15, 0.2) is 0 Å². The van der Waals surface area contributed by atoms with Crippen molar-refractivity contribution in [1.29, 1.82) is 0 Å². The van der Waals surface area contributed by atoms with E-state index in [0.29, 0.717) is 0 Å². The van der Waals surface area contributed by atoms with Gasteiger partial charge in [0.25, 0.3) is 0 Å². The van der Waals surface area contributed by atoms with E-state index in [9.17, 15) is 24.7 Å². The molecule has 0 aromatic rings. The first-order valence-corrected chi connectivity index (χ1v) is 13.6. The fraction of sp³-hybridized carbons (Fsp3) is 0.947. The molecule has 0 aliphatic carbocycles. The Kier molecular flexibility index (Phi) is 12.0. The third-order valence-electron chi connectivity index (χ3n) is 4.26. The summed E-state index contributed by atoms with van der Waals surface area (Å²) in [6.45, 7) is 6.52. The average molecular weight is 488 g/mol. The molecular weight excluding hydrogens is 449 g/mol. The Morgan fingerprint density at radius 3 is 2.45 bits per heavy atom. The molecule has 1 heterocycles. The molecule has 0 saturated carbocycles. The molecule has 31 heavy (non-hydrogen) atoms. The number of aliphatic hydroxyl groups is 3. The second-order valence-corrected chi connectivity index (χ2v) is 12.6. The fourth-order valence-electron chi connectivity index (χ4n) is 3.02. The Morgan fingerprint density at radius 2 is 1.94 bits per heavy atom. The molecule has 1 amide bonds. The Hall–Kier alpha value is -0.230. The summed E-state index contributed by atoms with van der Waals surface area (Å²) in [4.78, 5) is 11.5. The number of rotatable bonds is 12. The zero-order valence-corrected chi connectivity index (χ0v) is 20.9. The van der Waals surface area contributed by atoms with Gasteiger partial charge in [-0.25, -0.2) is 4.57 Å². The van der Waals surface area contributed by atoms with Gasteiger partial charge < -0.3 is 30.1 Å². The largest absolute Gasteiger partial charge is 0.394 e. The van der Waals surface area contributed by atoms with Crippen LogP contribution in [0.3, 0.4) is 0 Å².